The average Bonchev–Trinajstić information content (AvgIpc) is 2.65. The van der Waals surface area contributed by atoms with Gasteiger partial charge in [-0.1, -0.05) is 0 Å². The van der Waals surface area contributed by atoms with Gasteiger partial charge in [-0.05, 0) is 39.1 Å². The van der Waals surface area contributed by atoms with Gasteiger partial charge in [0, 0.05) is 18.6 Å². The van der Waals surface area contributed by atoms with Gasteiger partial charge in [0.15, 0.2) is 0 Å². The van der Waals surface area contributed by atoms with E-state index in [-0.39, 0.29) is 11.9 Å². The van der Waals surface area contributed by atoms with Gasteiger partial charge >= 0.3 is 0 Å². The zero-order chi connectivity index (χ0) is 11.5. The van der Waals surface area contributed by atoms with Crippen LogP contribution >= 0.6 is 0 Å². The van der Waals surface area contributed by atoms with Gasteiger partial charge in [-0.25, -0.2) is 4.39 Å². The third-order valence-electron chi connectivity index (χ3n) is 3.07. The van der Waals surface area contributed by atoms with Crippen LogP contribution in [0, 0.1) is 5.82 Å². The molecule has 16 heavy (non-hydrogen) atoms. The molecule has 1 aromatic heterocycles. The zero-order valence-electron chi connectivity index (χ0n) is 9.78. The average molecular weight is 223 g/mol. The Labute approximate surface area is 95.7 Å². The van der Waals surface area contributed by atoms with Crippen molar-refractivity contribution in [2.24, 2.45) is 0 Å². The molecule has 2 unspecified atom stereocenters. The molecule has 0 radical (unpaired) electrons. The number of pyridine rings is 1. The fourth-order valence-electron chi connectivity index (χ4n) is 2.15. The normalized spacial score (nSPS) is 23.6. The highest BCUT2D eigenvalue weighted by molar-refractivity contribution is 5.09. The molecule has 1 aliphatic heterocycles. The molecule has 0 spiro atoms. The van der Waals surface area contributed by atoms with Crippen molar-refractivity contribution < 1.29 is 4.39 Å². The molecule has 0 saturated carbocycles. The molecule has 2 heterocycles. The van der Waals surface area contributed by atoms with Crippen molar-refractivity contribution in [2.45, 2.75) is 25.4 Å². The van der Waals surface area contributed by atoms with Gasteiger partial charge in [0.1, 0.15) is 5.82 Å². The van der Waals surface area contributed by atoms with Crippen LogP contribution in [0.2, 0.25) is 0 Å². The Morgan fingerprint density at radius 2 is 2.38 bits per heavy atom. The summed E-state index contributed by atoms with van der Waals surface area (Å²) in [6.45, 7) is 4.28. The minimum atomic E-state index is -0.281. The van der Waals surface area contributed by atoms with Crippen LogP contribution in [0.5, 0.6) is 0 Å². The summed E-state index contributed by atoms with van der Waals surface area (Å²) in [5, 5.41) is 3.52. The van der Waals surface area contributed by atoms with Crippen molar-refractivity contribution >= 4 is 0 Å². The SMILES string of the molecule is CC(NC1CCN(C)C1)c1ccc(F)cn1. The Hall–Kier alpha value is -1.00. The third kappa shape index (κ3) is 2.77. The van der Waals surface area contributed by atoms with Gasteiger partial charge in [-0.3, -0.25) is 4.98 Å². The summed E-state index contributed by atoms with van der Waals surface area (Å²) in [4.78, 5) is 6.40. The summed E-state index contributed by atoms with van der Waals surface area (Å²) in [6, 6.07) is 3.90. The topological polar surface area (TPSA) is 28.2 Å². The molecular formula is C12H18FN3. The fraction of sp³-hybridized carbons (Fsp3) is 0.583. The molecule has 3 nitrogen and oxygen atoms in total. The second-order valence-corrected chi connectivity index (χ2v) is 4.54. The Bertz CT molecular complexity index is 339. The Kier molecular flexibility index (Phi) is 3.51. The van der Waals surface area contributed by atoms with E-state index in [1.807, 2.05) is 0 Å². The van der Waals surface area contributed by atoms with Crippen molar-refractivity contribution in [3.05, 3.63) is 29.8 Å². The Morgan fingerprint density at radius 3 is 2.94 bits per heavy atom. The number of likely N-dealkylation sites (N-methyl/N-ethyl adjacent to an activating group) is 1. The van der Waals surface area contributed by atoms with Gasteiger partial charge in [0.2, 0.25) is 0 Å². The van der Waals surface area contributed by atoms with Crippen LogP contribution in [0.1, 0.15) is 25.1 Å². The second kappa shape index (κ2) is 4.89. The first-order valence-electron chi connectivity index (χ1n) is 5.71. The molecule has 0 aliphatic carbocycles. The largest absolute Gasteiger partial charge is 0.305 e. The maximum absolute atomic E-state index is 12.7. The van der Waals surface area contributed by atoms with Gasteiger partial charge in [-0.15, -0.1) is 0 Å². The molecular weight excluding hydrogens is 205 g/mol. The van der Waals surface area contributed by atoms with Gasteiger partial charge in [0.25, 0.3) is 0 Å². The Balaban J connectivity index is 1.92. The highest BCUT2D eigenvalue weighted by Crippen LogP contribution is 2.14. The summed E-state index contributed by atoms with van der Waals surface area (Å²) >= 11 is 0. The van der Waals surface area contributed by atoms with E-state index in [0.29, 0.717) is 6.04 Å². The molecule has 1 aliphatic rings. The lowest BCUT2D eigenvalue weighted by molar-refractivity contribution is 0.385. The van der Waals surface area contributed by atoms with E-state index in [1.165, 1.54) is 18.7 Å². The van der Waals surface area contributed by atoms with E-state index in [1.54, 1.807) is 6.07 Å². The minimum absolute atomic E-state index is 0.178. The summed E-state index contributed by atoms with van der Waals surface area (Å²) in [5.74, 6) is -0.281. The van der Waals surface area contributed by atoms with Crippen molar-refractivity contribution in [1.82, 2.24) is 15.2 Å². The van der Waals surface area contributed by atoms with Crippen molar-refractivity contribution in [2.75, 3.05) is 20.1 Å². The molecule has 1 N–H and O–H groups in total. The summed E-state index contributed by atoms with van der Waals surface area (Å²) in [5.41, 5.74) is 0.899. The van der Waals surface area contributed by atoms with E-state index in [4.69, 9.17) is 0 Å². The number of hydrogen-bond acceptors (Lipinski definition) is 3. The highest BCUT2D eigenvalue weighted by atomic mass is 19.1. The predicted octanol–water partition coefficient (Wildman–Crippen LogP) is 1.58. The molecule has 2 atom stereocenters. The minimum Gasteiger partial charge on any atom is -0.305 e. The van der Waals surface area contributed by atoms with Crippen LogP contribution in [-0.4, -0.2) is 36.1 Å². The van der Waals surface area contributed by atoms with E-state index >= 15 is 0 Å². The number of hydrogen-bond donors (Lipinski definition) is 1. The van der Waals surface area contributed by atoms with E-state index in [0.717, 1.165) is 18.8 Å². The number of aromatic nitrogens is 1. The van der Waals surface area contributed by atoms with E-state index in [9.17, 15) is 4.39 Å². The molecule has 0 bridgehead atoms. The van der Waals surface area contributed by atoms with Gasteiger partial charge in [-0.2, -0.15) is 0 Å². The lowest BCUT2D eigenvalue weighted by atomic mass is 10.1. The number of nitrogens with zero attached hydrogens (tertiary/aromatic N) is 2. The van der Waals surface area contributed by atoms with E-state index in [2.05, 4.69) is 29.2 Å². The first-order valence-corrected chi connectivity index (χ1v) is 5.71. The Morgan fingerprint density at radius 1 is 1.56 bits per heavy atom. The first-order chi connectivity index (χ1) is 7.65. The lowest BCUT2D eigenvalue weighted by Gasteiger charge is -2.18. The van der Waals surface area contributed by atoms with Gasteiger partial charge < -0.3 is 10.2 Å². The molecule has 0 aromatic carbocycles. The quantitative estimate of drug-likeness (QED) is 0.843. The fourth-order valence-corrected chi connectivity index (χ4v) is 2.15. The van der Waals surface area contributed by atoms with Crippen molar-refractivity contribution in [3.63, 3.8) is 0 Å². The number of likely N-dealkylation sites (tertiary alicyclic amines) is 1. The number of nitrogens with one attached hydrogen (secondary N) is 1. The molecule has 1 saturated heterocycles. The second-order valence-electron chi connectivity index (χ2n) is 4.54. The van der Waals surface area contributed by atoms with Crippen LogP contribution < -0.4 is 5.32 Å². The van der Waals surface area contributed by atoms with Crippen molar-refractivity contribution in [3.8, 4) is 0 Å². The maximum atomic E-state index is 12.7. The van der Waals surface area contributed by atoms with Crippen LogP contribution in [0.3, 0.4) is 0 Å². The molecule has 88 valence electrons. The summed E-state index contributed by atoms with van der Waals surface area (Å²) in [6.07, 6.45) is 2.44. The molecule has 4 heteroatoms. The van der Waals surface area contributed by atoms with Crippen LogP contribution in [0.4, 0.5) is 4.39 Å². The van der Waals surface area contributed by atoms with Crippen LogP contribution in [-0.2, 0) is 0 Å². The number of halogens is 1. The monoisotopic (exact) mass is 223 g/mol. The third-order valence-corrected chi connectivity index (χ3v) is 3.07. The molecule has 0 amide bonds. The molecule has 2 rings (SSSR count). The lowest BCUT2D eigenvalue weighted by Crippen LogP contribution is -2.33. The van der Waals surface area contributed by atoms with Crippen molar-refractivity contribution in [1.29, 1.82) is 0 Å². The molecule has 1 fully saturated rings. The van der Waals surface area contributed by atoms with E-state index < -0.39 is 0 Å². The van der Waals surface area contributed by atoms with Crippen LogP contribution in [0.25, 0.3) is 0 Å². The summed E-state index contributed by atoms with van der Waals surface area (Å²) < 4.78 is 12.7. The smallest absolute Gasteiger partial charge is 0.141 e. The highest BCUT2D eigenvalue weighted by Gasteiger charge is 2.21. The standard InChI is InChI=1S/C12H18FN3/c1-9(12-4-3-10(13)7-14-12)15-11-5-6-16(2)8-11/h3-4,7,9,11,15H,5-6,8H2,1-2H3. The molecule has 1 aromatic rings. The number of rotatable bonds is 3. The summed E-state index contributed by atoms with van der Waals surface area (Å²) in [7, 11) is 2.13. The van der Waals surface area contributed by atoms with Crippen LogP contribution in [0.15, 0.2) is 18.3 Å². The maximum Gasteiger partial charge on any atom is 0.141 e. The first kappa shape index (κ1) is 11.5. The van der Waals surface area contributed by atoms with Gasteiger partial charge in [0.05, 0.1) is 11.9 Å². The zero-order valence-corrected chi connectivity index (χ0v) is 9.78. The predicted molar refractivity (Wildman–Crippen MR) is 61.6 cm³/mol.